The van der Waals surface area contributed by atoms with E-state index in [1.807, 2.05) is 0 Å². The molecule has 0 spiro atoms. The maximum Gasteiger partial charge on any atom is 0.277 e. The third-order valence-electron chi connectivity index (χ3n) is 1.98. The summed E-state index contributed by atoms with van der Waals surface area (Å²) >= 11 is 0. The minimum Gasteiger partial charge on any atom is -0.326 e. The Balaban J connectivity index is 4.67. The molecule has 0 saturated carbocycles. The topological polar surface area (TPSA) is 84.2 Å². The summed E-state index contributed by atoms with van der Waals surface area (Å²) in [6, 6.07) is -0.269. The Kier molecular flexibility index (Phi) is 4.32. The van der Waals surface area contributed by atoms with Gasteiger partial charge < -0.3 is 5.73 Å². The number of nitrogens with one attached hydrogen (secondary N) is 2. The molecule has 1 atom stereocenters. The minimum atomic E-state index is -3.52. The lowest BCUT2D eigenvalue weighted by molar-refractivity contribution is 0.378. The van der Waals surface area contributed by atoms with Gasteiger partial charge in [-0.05, 0) is 41.5 Å². The van der Waals surface area contributed by atoms with E-state index in [0.717, 1.165) is 0 Å². The van der Waals surface area contributed by atoms with E-state index in [-0.39, 0.29) is 6.04 Å². The van der Waals surface area contributed by atoms with Crippen molar-refractivity contribution in [3.63, 3.8) is 0 Å². The lowest BCUT2D eigenvalue weighted by Crippen LogP contribution is -2.59. The predicted octanol–water partition coefficient (Wildman–Crippen LogP) is 0.335. The molecular weight excluding hydrogens is 214 g/mol. The molecule has 0 aromatic carbocycles. The summed E-state index contributed by atoms with van der Waals surface area (Å²) < 4.78 is 28.4. The van der Waals surface area contributed by atoms with E-state index in [0.29, 0.717) is 0 Å². The van der Waals surface area contributed by atoms with Gasteiger partial charge in [0.05, 0.1) is 0 Å². The third kappa shape index (κ3) is 6.09. The number of hydrogen-bond donors (Lipinski definition) is 3. The van der Waals surface area contributed by atoms with E-state index in [2.05, 4.69) is 9.44 Å². The summed E-state index contributed by atoms with van der Waals surface area (Å²) in [6.45, 7) is 10.6. The van der Waals surface area contributed by atoms with Crippen LogP contribution in [0.1, 0.15) is 41.5 Å². The standard InChI is InChI=1S/C9H23N3O2S/c1-7(10)9(5,6)12-15(13,14)11-8(2,3)4/h7,11-12H,10H2,1-6H3. The second-order valence-corrected chi connectivity index (χ2v) is 6.88. The first kappa shape index (κ1) is 14.8. The van der Waals surface area contributed by atoms with Crippen molar-refractivity contribution in [2.45, 2.75) is 58.7 Å². The first-order valence-corrected chi connectivity index (χ1v) is 6.42. The van der Waals surface area contributed by atoms with E-state index in [9.17, 15) is 8.42 Å². The number of rotatable bonds is 4. The van der Waals surface area contributed by atoms with Crippen LogP contribution in [-0.4, -0.2) is 25.5 Å². The van der Waals surface area contributed by atoms with Crippen molar-refractivity contribution in [3.05, 3.63) is 0 Å². The van der Waals surface area contributed by atoms with Gasteiger partial charge >= 0.3 is 0 Å². The van der Waals surface area contributed by atoms with Gasteiger partial charge in [-0.3, -0.25) is 0 Å². The Bertz CT molecular complexity index is 302. The van der Waals surface area contributed by atoms with Gasteiger partial charge in [-0.25, -0.2) is 0 Å². The average Bonchev–Trinajstić information content (AvgIpc) is 1.75. The fourth-order valence-electron chi connectivity index (χ4n) is 0.868. The van der Waals surface area contributed by atoms with Crippen molar-refractivity contribution in [1.82, 2.24) is 9.44 Å². The average molecular weight is 237 g/mol. The normalized spacial score (nSPS) is 16.5. The Morgan fingerprint density at radius 1 is 1.07 bits per heavy atom. The van der Waals surface area contributed by atoms with E-state index in [4.69, 9.17) is 5.73 Å². The fraction of sp³-hybridized carbons (Fsp3) is 1.00. The first-order valence-electron chi connectivity index (χ1n) is 4.94. The molecule has 0 aromatic heterocycles. The van der Waals surface area contributed by atoms with E-state index in [1.54, 1.807) is 41.5 Å². The lowest BCUT2D eigenvalue weighted by Gasteiger charge is -2.31. The van der Waals surface area contributed by atoms with Crippen molar-refractivity contribution < 1.29 is 8.42 Å². The molecule has 1 unspecified atom stereocenters. The van der Waals surface area contributed by atoms with Crippen molar-refractivity contribution in [2.24, 2.45) is 5.73 Å². The second kappa shape index (κ2) is 4.37. The third-order valence-corrected chi connectivity index (χ3v) is 3.65. The zero-order chi connectivity index (χ0) is 12.5. The molecule has 0 saturated heterocycles. The molecule has 0 aliphatic heterocycles. The second-order valence-electron chi connectivity index (χ2n) is 5.47. The van der Waals surface area contributed by atoms with E-state index in [1.165, 1.54) is 0 Å². The van der Waals surface area contributed by atoms with Crippen LogP contribution in [-0.2, 0) is 10.2 Å². The summed E-state index contributed by atoms with van der Waals surface area (Å²) in [7, 11) is -3.52. The lowest BCUT2D eigenvalue weighted by atomic mass is 9.99. The van der Waals surface area contributed by atoms with Crippen molar-refractivity contribution in [2.75, 3.05) is 0 Å². The molecule has 0 bridgehead atoms. The minimum absolute atomic E-state index is 0.269. The van der Waals surface area contributed by atoms with Gasteiger partial charge in [-0.2, -0.15) is 17.9 Å². The summed E-state index contributed by atoms with van der Waals surface area (Å²) in [6.07, 6.45) is 0. The van der Waals surface area contributed by atoms with Crippen LogP contribution in [0.5, 0.6) is 0 Å². The molecule has 0 heterocycles. The molecule has 0 aliphatic carbocycles. The van der Waals surface area contributed by atoms with Crippen LogP contribution in [0.2, 0.25) is 0 Å². The maximum absolute atomic E-state index is 11.7. The van der Waals surface area contributed by atoms with E-state index < -0.39 is 21.3 Å². The maximum atomic E-state index is 11.7. The SMILES string of the molecule is CC(N)C(C)(C)NS(=O)(=O)NC(C)(C)C. The molecule has 0 aliphatic rings. The smallest absolute Gasteiger partial charge is 0.277 e. The van der Waals surface area contributed by atoms with Gasteiger partial charge in [0.25, 0.3) is 10.2 Å². The van der Waals surface area contributed by atoms with Gasteiger partial charge in [0.1, 0.15) is 0 Å². The summed E-state index contributed by atoms with van der Waals surface area (Å²) in [4.78, 5) is 0. The van der Waals surface area contributed by atoms with Gasteiger partial charge in [-0.1, -0.05) is 0 Å². The molecule has 4 N–H and O–H groups in total. The highest BCUT2D eigenvalue weighted by atomic mass is 32.2. The predicted molar refractivity (Wildman–Crippen MR) is 62.7 cm³/mol. The monoisotopic (exact) mass is 237 g/mol. The van der Waals surface area contributed by atoms with Crippen LogP contribution < -0.4 is 15.2 Å². The van der Waals surface area contributed by atoms with Crippen LogP contribution in [0.15, 0.2) is 0 Å². The highest BCUT2D eigenvalue weighted by Gasteiger charge is 2.30. The van der Waals surface area contributed by atoms with Gasteiger partial charge in [-0.15, -0.1) is 0 Å². The Hall–Kier alpha value is -0.170. The number of nitrogens with two attached hydrogens (primary N) is 1. The van der Waals surface area contributed by atoms with E-state index >= 15 is 0 Å². The quantitative estimate of drug-likeness (QED) is 0.659. The van der Waals surface area contributed by atoms with Crippen LogP contribution in [0, 0.1) is 0 Å². The summed E-state index contributed by atoms with van der Waals surface area (Å²) in [5.74, 6) is 0. The van der Waals surface area contributed by atoms with Gasteiger partial charge in [0.2, 0.25) is 0 Å². The summed E-state index contributed by atoms with van der Waals surface area (Å²) in [5, 5.41) is 0. The van der Waals surface area contributed by atoms with Crippen molar-refractivity contribution >= 4 is 10.2 Å². The molecule has 0 radical (unpaired) electrons. The fourth-order valence-corrected chi connectivity index (χ4v) is 2.60. The highest BCUT2D eigenvalue weighted by Crippen LogP contribution is 2.09. The Morgan fingerprint density at radius 2 is 1.47 bits per heavy atom. The highest BCUT2D eigenvalue weighted by molar-refractivity contribution is 7.87. The zero-order valence-corrected chi connectivity index (χ0v) is 11.2. The molecule has 0 rings (SSSR count). The molecule has 5 nitrogen and oxygen atoms in total. The first-order chi connectivity index (χ1) is 6.36. The van der Waals surface area contributed by atoms with Crippen molar-refractivity contribution in [1.29, 1.82) is 0 Å². The molecule has 15 heavy (non-hydrogen) atoms. The molecule has 0 aromatic rings. The molecule has 6 heteroatoms. The Labute approximate surface area is 93.0 Å². The molecule has 0 fully saturated rings. The van der Waals surface area contributed by atoms with Crippen LogP contribution in [0.25, 0.3) is 0 Å². The molecule has 0 amide bonds. The van der Waals surface area contributed by atoms with Crippen LogP contribution in [0.4, 0.5) is 0 Å². The van der Waals surface area contributed by atoms with Crippen LogP contribution in [0.3, 0.4) is 0 Å². The molecular formula is C9H23N3O2S. The van der Waals surface area contributed by atoms with Crippen LogP contribution >= 0.6 is 0 Å². The molecule has 92 valence electrons. The van der Waals surface area contributed by atoms with Gasteiger partial charge in [0.15, 0.2) is 0 Å². The largest absolute Gasteiger partial charge is 0.326 e. The Morgan fingerprint density at radius 3 is 1.73 bits per heavy atom. The van der Waals surface area contributed by atoms with Gasteiger partial charge in [0, 0.05) is 17.1 Å². The number of hydrogen-bond acceptors (Lipinski definition) is 3. The van der Waals surface area contributed by atoms with Crippen molar-refractivity contribution in [3.8, 4) is 0 Å². The summed E-state index contributed by atoms with van der Waals surface area (Å²) in [5.41, 5.74) is 4.52. The zero-order valence-electron chi connectivity index (χ0n) is 10.4.